The molecule has 2 fully saturated rings. The molecule has 2 amide bonds. The number of morpholine rings is 1. The number of benzene rings is 3. The van der Waals surface area contributed by atoms with Gasteiger partial charge in [0.05, 0.1) is 26.2 Å². The van der Waals surface area contributed by atoms with Crippen molar-refractivity contribution in [2.45, 2.75) is 25.7 Å². The SMILES string of the molecule is O=C(CC1(COc2ccc(F)cc2)CCCN(C(=O)Cc2ccc3ccccc3c2)C1)N1CCOCC1. The highest BCUT2D eigenvalue weighted by Gasteiger charge is 2.41. The third kappa shape index (κ3) is 6.28. The van der Waals surface area contributed by atoms with Gasteiger partial charge in [-0.15, -0.1) is 0 Å². The number of amides is 2. The summed E-state index contributed by atoms with van der Waals surface area (Å²) < 4.78 is 24.9. The molecule has 0 radical (unpaired) electrons. The molecule has 3 aromatic carbocycles. The molecule has 5 rings (SSSR count). The molecule has 2 aliphatic heterocycles. The third-order valence-corrected chi connectivity index (χ3v) is 7.43. The predicted octanol–water partition coefficient (Wildman–Crippen LogP) is 4.46. The molecule has 0 aromatic heterocycles. The van der Waals surface area contributed by atoms with E-state index in [1.165, 1.54) is 12.1 Å². The first-order chi connectivity index (χ1) is 18.0. The van der Waals surface area contributed by atoms with E-state index in [1.807, 2.05) is 28.0 Å². The van der Waals surface area contributed by atoms with Crippen molar-refractivity contribution in [1.82, 2.24) is 9.80 Å². The number of ether oxygens (including phenoxy) is 2. The highest BCUT2D eigenvalue weighted by molar-refractivity contribution is 5.85. The first-order valence-electron chi connectivity index (χ1n) is 13.0. The number of fused-ring (bicyclic) bond motifs is 1. The van der Waals surface area contributed by atoms with E-state index >= 15 is 0 Å². The maximum Gasteiger partial charge on any atom is 0.227 e. The van der Waals surface area contributed by atoms with Crippen LogP contribution in [0.3, 0.4) is 0 Å². The lowest BCUT2D eigenvalue weighted by atomic mass is 9.77. The molecule has 0 saturated carbocycles. The molecular weight excluding hydrogens is 471 g/mol. The van der Waals surface area contributed by atoms with E-state index in [2.05, 4.69) is 24.3 Å². The summed E-state index contributed by atoms with van der Waals surface area (Å²) >= 11 is 0. The molecule has 0 spiro atoms. The van der Waals surface area contributed by atoms with E-state index in [-0.39, 0.29) is 24.2 Å². The zero-order valence-corrected chi connectivity index (χ0v) is 21.0. The average Bonchev–Trinajstić information content (AvgIpc) is 2.93. The largest absolute Gasteiger partial charge is 0.493 e. The summed E-state index contributed by atoms with van der Waals surface area (Å²) in [6.07, 6.45) is 2.20. The smallest absolute Gasteiger partial charge is 0.227 e. The molecule has 7 heteroatoms. The Balaban J connectivity index is 1.31. The van der Waals surface area contributed by atoms with Crippen molar-refractivity contribution in [2.24, 2.45) is 5.41 Å². The second-order valence-corrected chi connectivity index (χ2v) is 10.2. The van der Waals surface area contributed by atoms with Crippen LogP contribution in [-0.4, -0.2) is 67.6 Å². The number of carbonyl (C=O) groups excluding carboxylic acids is 2. The molecule has 0 aliphatic carbocycles. The van der Waals surface area contributed by atoms with Crippen molar-refractivity contribution in [3.63, 3.8) is 0 Å². The van der Waals surface area contributed by atoms with Gasteiger partial charge in [0.25, 0.3) is 0 Å². The summed E-state index contributed by atoms with van der Waals surface area (Å²) in [6.45, 7) is 3.65. The van der Waals surface area contributed by atoms with Crippen LogP contribution in [0.1, 0.15) is 24.8 Å². The van der Waals surface area contributed by atoms with E-state index in [0.717, 1.165) is 29.2 Å². The standard InChI is InChI=1S/C30H33FN2O4/c31-26-8-10-27(11-9-26)37-22-30(20-29(35)32-14-16-36-17-15-32)12-3-13-33(21-30)28(34)19-23-6-7-24-4-1-2-5-25(24)18-23/h1-2,4-11,18H,3,12-17,19-22H2. The number of likely N-dealkylation sites (tertiary alicyclic amines) is 1. The summed E-state index contributed by atoms with van der Waals surface area (Å²) in [5.74, 6) is 0.349. The van der Waals surface area contributed by atoms with Gasteiger partial charge in [-0.25, -0.2) is 4.39 Å². The zero-order valence-electron chi connectivity index (χ0n) is 21.0. The van der Waals surface area contributed by atoms with Gasteiger partial charge in [-0.2, -0.15) is 0 Å². The maximum absolute atomic E-state index is 13.4. The molecule has 0 N–H and O–H groups in total. The van der Waals surface area contributed by atoms with Crippen molar-refractivity contribution in [3.8, 4) is 5.75 Å². The van der Waals surface area contributed by atoms with E-state index in [9.17, 15) is 14.0 Å². The molecule has 2 heterocycles. The monoisotopic (exact) mass is 504 g/mol. The fraction of sp³-hybridized carbons (Fsp3) is 0.400. The van der Waals surface area contributed by atoms with Gasteiger partial charge in [0.1, 0.15) is 11.6 Å². The number of carbonyl (C=O) groups is 2. The second kappa shape index (κ2) is 11.3. The Kier molecular flexibility index (Phi) is 7.70. The molecule has 37 heavy (non-hydrogen) atoms. The second-order valence-electron chi connectivity index (χ2n) is 10.2. The first-order valence-corrected chi connectivity index (χ1v) is 13.0. The van der Waals surface area contributed by atoms with Gasteiger partial charge in [-0.05, 0) is 53.4 Å². The molecular formula is C30H33FN2O4. The van der Waals surface area contributed by atoms with E-state index in [4.69, 9.17) is 9.47 Å². The van der Waals surface area contributed by atoms with Crippen LogP contribution in [0.25, 0.3) is 10.8 Å². The fourth-order valence-corrected chi connectivity index (χ4v) is 5.38. The van der Waals surface area contributed by atoms with E-state index in [0.29, 0.717) is 58.0 Å². The first kappa shape index (κ1) is 25.2. The number of nitrogens with zero attached hydrogens (tertiary/aromatic N) is 2. The topological polar surface area (TPSA) is 59.1 Å². The number of piperidine rings is 1. The summed E-state index contributed by atoms with van der Waals surface area (Å²) in [7, 11) is 0. The summed E-state index contributed by atoms with van der Waals surface area (Å²) in [5.41, 5.74) is 0.466. The minimum atomic E-state index is -0.513. The molecule has 1 atom stereocenters. The summed E-state index contributed by atoms with van der Waals surface area (Å²) in [6, 6.07) is 20.2. The highest BCUT2D eigenvalue weighted by atomic mass is 19.1. The highest BCUT2D eigenvalue weighted by Crippen LogP contribution is 2.36. The van der Waals surface area contributed by atoms with E-state index < -0.39 is 5.41 Å². The van der Waals surface area contributed by atoms with Crippen LogP contribution in [0.2, 0.25) is 0 Å². The van der Waals surface area contributed by atoms with Crippen LogP contribution in [0.5, 0.6) is 5.75 Å². The molecule has 2 saturated heterocycles. The maximum atomic E-state index is 13.4. The van der Waals surface area contributed by atoms with E-state index in [1.54, 1.807) is 12.1 Å². The Labute approximate surface area is 217 Å². The molecule has 1 unspecified atom stereocenters. The van der Waals surface area contributed by atoms with Gasteiger partial charge in [0.2, 0.25) is 11.8 Å². The van der Waals surface area contributed by atoms with Crippen LogP contribution in [0.15, 0.2) is 66.7 Å². The van der Waals surface area contributed by atoms with Crippen molar-refractivity contribution in [2.75, 3.05) is 46.0 Å². The molecule has 6 nitrogen and oxygen atoms in total. The molecule has 3 aromatic rings. The lowest BCUT2D eigenvalue weighted by molar-refractivity contribution is -0.143. The average molecular weight is 505 g/mol. The Morgan fingerprint density at radius 3 is 2.43 bits per heavy atom. The summed E-state index contributed by atoms with van der Waals surface area (Å²) in [5, 5.41) is 2.26. The van der Waals surface area contributed by atoms with Crippen molar-refractivity contribution in [3.05, 3.63) is 78.1 Å². The van der Waals surface area contributed by atoms with Crippen molar-refractivity contribution >= 4 is 22.6 Å². The molecule has 2 aliphatic rings. The lowest BCUT2D eigenvalue weighted by Crippen LogP contribution is -2.52. The zero-order chi connectivity index (χ0) is 25.7. The van der Waals surface area contributed by atoms with Gasteiger partial charge >= 0.3 is 0 Å². The number of halogens is 1. The Morgan fingerprint density at radius 1 is 0.892 bits per heavy atom. The van der Waals surface area contributed by atoms with Crippen LogP contribution in [0.4, 0.5) is 4.39 Å². The van der Waals surface area contributed by atoms with Crippen LogP contribution in [0, 0.1) is 11.2 Å². The minimum Gasteiger partial charge on any atom is -0.493 e. The van der Waals surface area contributed by atoms with Gasteiger partial charge < -0.3 is 19.3 Å². The van der Waals surface area contributed by atoms with Gasteiger partial charge in [-0.3, -0.25) is 9.59 Å². The Hall–Kier alpha value is -3.45. The van der Waals surface area contributed by atoms with Crippen molar-refractivity contribution in [1.29, 1.82) is 0 Å². The van der Waals surface area contributed by atoms with Crippen LogP contribution < -0.4 is 4.74 Å². The minimum absolute atomic E-state index is 0.0555. The Morgan fingerprint density at radius 2 is 1.65 bits per heavy atom. The number of hydrogen-bond acceptors (Lipinski definition) is 4. The fourth-order valence-electron chi connectivity index (χ4n) is 5.38. The van der Waals surface area contributed by atoms with Gasteiger partial charge in [0, 0.05) is 38.0 Å². The normalized spacial score (nSPS) is 20.1. The molecule has 194 valence electrons. The molecule has 0 bridgehead atoms. The quantitative estimate of drug-likeness (QED) is 0.477. The van der Waals surface area contributed by atoms with Gasteiger partial charge in [0.15, 0.2) is 0 Å². The third-order valence-electron chi connectivity index (χ3n) is 7.43. The Bertz CT molecular complexity index is 1240. The van der Waals surface area contributed by atoms with Gasteiger partial charge in [-0.1, -0.05) is 42.5 Å². The lowest BCUT2D eigenvalue weighted by Gasteiger charge is -2.43. The summed E-state index contributed by atoms with van der Waals surface area (Å²) in [4.78, 5) is 30.4. The van der Waals surface area contributed by atoms with Crippen molar-refractivity contribution < 1.29 is 23.5 Å². The van der Waals surface area contributed by atoms with Crippen LogP contribution in [-0.2, 0) is 20.7 Å². The predicted molar refractivity (Wildman–Crippen MR) is 140 cm³/mol. The number of rotatable bonds is 7. The number of hydrogen-bond donors (Lipinski definition) is 0. The van der Waals surface area contributed by atoms with Crippen LogP contribution >= 0.6 is 0 Å².